The summed E-state index contributed by atoms with van der Waals surface area (Å²) in [5.74, 6) is -0.288. The van der Waals surface area contributed by atoms with Crippen LogP contribution < -0.4 is 0 Å². The summed E-state index contributed by atoms with van der Waals surface area (Å²) in [6.45, 7) is 0.527. The van der Waals surface area contributed by atoms with Crippen molar-refractivity contribution in [3.05, 3.63) is 30.1 Å². The molecule has 1 aliphatic carbocycles. The average Bonchev–Trinajstić information content (AvgIpc) is 3.36. The second kappa shape index (κ2) is 6.98. The molecule has 0 radical (unpaired) electrons. The Morgan fingerprint density at radius 1 is 1.19 bits per heavy atom. The first-order valence-electron chi connectivity index (χ1n) is 8.87. The number of carbonyl (C=O) groups is 2. The van der Waals surface area contributed by atoms with Gasteiger partial charge in [-0.05, 0) is 43.4 Å². The zero-order valence-corrected chi connectivity index (χ0v) is 16.0. The Hall–Kier alpha value is -1.96. The topological polar surface area (TPSA) is 87.7 Å². The fourth-order valence-electron chi connectivity index (χ4n) is 3.54. The van der Waals surface area contributed by atoms with E-state index in [1.165, 1.54) is 4.90 Å². The number of nitrogens with zero attached hydrogens (tertiary/aromatic N) is 3. The lowest BCUT2D eigenvalue weighted by molar-refractivity contribution is -0.149. The first-order valence-corrected chi connectivity index (χ1v) is 10.7. The van der Waals surface area contributed by atoms with Gasteiger partial charge in [-0.2, -0.15) is 0 Å². The molecule has 142 valence electrons. The van der Waals surface area contributed by atoms with Crippen molar-refractivity contribution in [1.82, 2.24) is 14.8 Å². The number of rotatable bonds is 6. The summed E-state index contributed by atoms with van der Waals surface area (Å²) < 4.78 is 23.4. The Morgan fingerprint density at radius 3 is 2.38 bits per heavy atom. The van der Waals surface area contributed by atoms with Gasteiger partial charge in [0.2, 0.25) is 11.8 Å². The highest BCUT2D eigenvalue weighted by Crippen LogP contribution is 2.49. The van der Waals surface area contributed by atoms with E-state index in [0.29, 0.717) is 32.2 Å². The van der Waals surface area contributed by atoms with Crippen LogP contribution >= 0.6 is 0 Å². The number of pyridine rings is 1. The van der Waals surface area contributed by atoms with Gasteiger partial charge in [0.15, 0.2) is 9.84 Å². The van der Waals surface area contributed by atoms with Crippen molar-refractivity contribution in [3.63, 3.8) is 0 Å². The van der Waals surface area contributed by atoms with Crippen LogP contribution in [0.5, 0.6) is 0 Å². The summed E-state index contributed by atoms with van der Waals surface area (Å²) in [7, 11) is 0.273. The second-order valence-electron chi connectivity index (χ2n) is 7.39. The highest BCUT2D eigenvalue weighted by molar-refractivity contribution is 7.91. The van der Waals surface area contributed by atoms with Crippen molar-refractivity contribution in [3.8, 4) is 0 Å². The van der Waals surface area contributed by atoms with Crippen molar-refractivity contribution in [2.75, 3.05) is 32.1 Å². The fraction of sp³-hybridized carbons (Fsp3) is 0.611. The van der Waals surface area contributed by atoms with Crippen molar-refractivity contribution in [2.45, 2.75) is 31.7 Å². The molecule has 2 fully saturated rings. The van der Waals surface area contributed by atoms with E-state index in [0.717, 1.165) is 5.56 Å². The summed E-state index contributed by atoms with van der Waals surface area (Å²) in [6.07, 6.45) is 5.65. The van der Waals surface area contributed by atoms with E-state index < -0.39 is 15.3 Å². The third-order valence-electron chi connectivity index (χ3n) is 5.48. The highest BCUT2D eigenvalue weighted by atomic mass is 32.2. The Kier molecular flexibility index (Phi) is 5.05. The molecule has 0 bridgehead atoms. The van der Waals surface area contributed by atoms with Crippen molar-refractivity contribution < 1.29 is 18.0 Å². The molecular weight excluding hydrogens is 354 g/mol. The van der Waals surface area contributed by atoms with Crippen LogP contribution in [-0.2, 0) is 25.8 Å². The summed E-state index contributed by atoms with van der Waals surface area (Å²) in [6, 6.07) is 3.50. The standard InChI is InChI=1S/C18H25N3O4S/c1-20(11-5-14-3-9-19-10-4-14)16(22)18(7-8-18)17(23)21(2)15-6-12-26(24,25)13-15/h3-4,9-10,15H,5-8,11-13H2,1-2H3. The number of likely N-dealkylation sites (N-methyl/N-ethyl adjacent to an activating group) is 1. The maximum absolute atomic E-state index is 12.9. The number of carbonyl (C=O) groups excluding carboxylic acids is 2. The molecule has 2 heterocycles. The van der Waals surface area contributed by atoms with Crippen molar-refractivity contribution >= 4 is 21.7 Å². The third kappa shape index (κ3) is 3.75. The minimum Gasteiger partial charge on any atom is -0.344 e. The smallest absolute Gasteiger partial charge is 0.238 e. The van der Waals surface area contributed by atoms with Crippen molar-refractivity contribution in [1.29, 1.82) is 0 Å². The van der Waals surface area contributed by atoms with Gasteiger partial charge in [0.05, 0.1) is 11.5 Å². The fourth-order valence-corrected chi connectivity index (χ4v) is 5.32. The zero-order valence-electron chi connectivity index (χ0n) is 15.2. The van der Waals surface area contributed by atoms with E-state index in [9.17, 15) is 18.0 Å². The summed E-state index contributed by atoms with van der Waals surface area (Å²) in [5, 5.41) is 0. The zero-order chi connectivity index (χ0) is 18.9. The molecule has 1 atom stereocenters. The summed E-state index contributed by atoms with van der Waals surface area (Å²) in [4.78, 5) is 32.9. The first kappa shape index (κ1) is 18.8. The van der Waals surface area contributed by atoms with Gasteiger partial charge in [-0.15, -0.1) is 0 Å². The summed E-state index contributed by atoms with van der Waals surface area (Å²) in [5.41, 5.74) is 0.0952. The molecule has 0 N–H and O–H groups in total. The van der Waals surface area contributed by atoms with Gasteiger partial charge in [-0.1, -0.05) is 0 Å². The molecule has 2 aliphatic rings. The number of sulfone groups is 1. The number of hydrogen-bond donors (Lipinski definition) is 0. The average molecular weight is 379 g/mol. The number of aromatic nitrogens is 1. The molecule has 1 saturated heterocycles. The highest BCUT2D eigenvalue weighted by Gasteiger charge is 2.59. The lowest BCUT2D eigenvalue weighted by atomic mass is 10.0. The van der Waals surface area contributed by atoms with Gasteiger partial charge in [-0.3, -0.25) is 14.6 Å². The Labute approximate surface area is 154 Å². The van der Waals surface area contributed by atoms with Crippen LogP contribution in [0.1, 0.15) is 24.8 Å². The number of hydrogen-bond acceptors (Lipinski definition) is 5. The molecule has 3 rings (SSSR count). The second-order valence-corrected chi connectivity index (χ2v) is 9.62. The predicted octanol–water partition coefficient (Wildman–Crippen LogP) is 0.508. The van der Waals surface area contributed by atoms with E-state index in [-0.39, 0.29) is 29.4 Å². The molecule has 1 aromatic rings. The van der Waals surface area contributed by atoms with E-state index in [4.69, 9.17) is 0 Å². The van der Waals surface area contributed by atoms with E-state index >= 15 is 0 Å². The monoisotopic (exact) mass is 379 g/mol. The van der Waals surface area contributed by atoms with Crippen LogP contribution in [0.15, 0.2) is 24.5 Å². The van der Waals surface area contributed by atoms with Gasteiger partial charge in [0.1, 0.15) is 5.41 Å². The minimum absolute atomic E-state index is 0.00259. The third-order valence-corrected chi connectivity index (χ3v) is 7.23. The molecule has 1 saturated carbocycles. The Bertz CT molecular complexity index is 790. The van der Waals surface area contributed by atoms with Gasteiger partial charge in [0.25, 0.3) is 0 Å². The van der Waals surface area contributed by atoms with Crippen LogP contribution in [0.25, 0.3) is 0 Å². The van der Waals surface area contributed by atoms with Crippen LogP contribution in [0, 0.1) is 5.41 Å². The lowest BCUT2D eigenvalue weighted by Gasteiger charge is -2.30. The molecule has 7 nitrogen and oxygen atoms in total. The van der Waals surface area contributed by atoms with Gasteiger partial charge in [0, 0.05) is 39.1 Å². The molecule has 1 aromatic heterocycles. The first-order chi connectivity index (χ1) is 12.3. The van der Waals surface area contributed by atoms with Crippen LogP contribution in [-0.4, -0.2) is 73.2 Å². The Balaban J connectivity index is 1.61. The minimum atomic E-state index is -3.07. The normalized spacial score (nSPS) is 22.6. The van der Waals surface area contributed by atoms with Crippen molar-refractivity contribution in [2.24, 2.45) is 5.41 Å². The van der Waals surface area contributed by atoms with Gasteiger partial charge in [-0.25, -0.2) is 8.42 Å². The molecule has 8 heteroatoms. The largest absolute Gasteiger partial charge is 0.344 e. The Morgan fingerprint density at radius 2 is 1.85 bits per heavy atom. The summed E-state index contributed by atoms with van der Waals surface area (Å²) >= 11 is 0. The quantitative estimate of drug-likeness (QED) is 0.672. The molecule has 2 amide bonds. The van der Waals surface area contributed by atoms with Gasteiger partial charge >= 0.3 is 0 Å². The molecule has 0 spiro atoms. The predicted molar refractivity (Wildman–Crippen MR) is 97.1 cm³/mol. The molecular formula is C18H25N3O4S. The van der Waals surface area contributed by atoms with Gasteiger partial charge < -0.3 is 9.80 Å². The van der Waals surface area contributed by atoms with E-state index in [2.05, 4.69) is 4.98 Å². The van der Waals surface area contributed by atoms with Crippen LogP contribution in [0.3, 0.4) is 0 Å². The van der Waals surface area contributed by atoms with E-state index in [1.807, 2.05) is 12.1 Å². The lowest BCUT2D eigenvalue weighted by Crippen LogP contribution is -2.48. The SMILES string of the molecule is CN(CCc1ccncc1)C(=O)C1(C(=O)N(C)C2CCS(=O)(=O)C2)CC1. The molecule has 0 aromatic carbocycles. The maximum Gasteiger partial charge on any atom is 0.238 e. The molecule has 26 heavy (non-hydrogen) atoms. The number of amides is 2. The molecule has 1 unspecified atom stereocenters. The van der Waals surface area contributed by atoms with Crippen LogP contribution in [0.2, 0.25) is 0 Å². The van der Waals surface area contributed by atoms with E-state index in [1.54, 1.807) is 31.4 Å². The maximum atomic E-state index is 12.9. The van der Waals surface area contributed by atoms with Crippen LogP contribution in [0.4, 0.5) is 0 Å². The molecule has 1 aliphatic heterocycles.